The maximum Gasteiger partial charge on any atom is 0.264 e. The number of aryl methyl sites for hydroxylation is 1. The number of benzene rings is 3. The Bertz CT molecular complexity index is 1530. The maximum atomic E-state index is 14.1. The van der Waals surface area contributed by atoms with E-state index in [0.29, 0.717) is 16.3 Å². The van der Waals surface area contributed by atoms with Gasteiger partial charge in [-0.3, -0.25) is 13.9 Å². The zero-order valence-electron chi connectivity index (χ0n) is 24.4. The van der Waals surface area contributed by atoms with Gasteiger partial charge < -0.3 is 19.7 Å². The van der Waals surface area contributed by atoms with Crippen LogP contribution in [0.5, 0.6) is 11.5 Å². The van der Waals surface area contributed by atoms with Crippen molar-refractivity contribution in [3.8, 4) is 11.5 Å². The molecule has 0 saturated heterocycles. The lowest BCUT2D eigenvalue weighted by atomic mass is 10.1. The number of rotatable bonds is 12. The average Bonchev–Trinajstić information content (AvgIpc) is 2.95. The van der Waals surface area contributed by atoms with Crippen LogP contribution < -0.4 is 19.1 Å². The van der Waals surface area contributed by atoms with E-state index in [9.17, 15) is 18.0 Å². The monoisotopic (exact) mass is 635 g/mol. The molecule has 2 amide bonds. The first kappa shape index (κ1) is 33.0. The summed E-state index contributed by atoms with van der Waals surface area (Å²) in [4.78, 5) is 28.3. The Hall–Kier alpha value is -3.47. The third-order valence-electron chi connectivity index (χ3n) is 6.48. The van der Waals surface area contributed by atoms with Gasteiger partial charge in [-0.2, -0.15) is 0 Å². The number of hydrogen-bond acceptors (Lipinski definition) is 6. The van der Waals surface area contributed by atoms with Crippen LogP contribution in [0.2, 0.25) is 10.0 Å². The minimum atomic E-state index is -4.29. The molecule has 1 unspecified atom stereocenters. The first-order valence-corrected chi connectivity index (χ1v) is 15.3. The smallest absolute Gasteiger partial charge is 0.264 e. The highest BCUT2D eigenvalue weighted by Crippen LogP contribution is 2.32. The molecule has 3 rings (SSSR count). The summed E-state index contributed by atoms with van der Waals surface area (Å²) in [6.07, 6.45) is 0. The highest BCUT2D eigenvalue weighted by molar-refractivity contribution is 7.92. The van der Waals surface area contributed by atoms with E-state index in [2.05, 4.69) is 5.32 Å². The number of ether oxygens (including phenoxy) is 2. The molecule has 0 spiro atoms. The quantitative estimate of drug-likeness (QED) is 0.283. The lowest BCUT2D eigenvalue weighted by Gasteiger charge is -2.32. The zero-order valence-corrected chi connectivity index (χ0v) is 26.7. The minimum Gasteiger partial charge on any atom is -0.493 e. The molecule has 0 aliphatic carbocycles. The van der Waals surface area contributed by atoms with Crippen molar-refractivity contribution in [3.05, 3.63) is 81.8 Å². The van der Waals surface area contributed by atoms with E-state index in [0.717, 1.165) is 9.87 Å². The summed E-state index contributed by atoms with van der Waals surface area (Å²) < 4.78 is 39.8. The number of nitrogens with zero attached hydrogens (tertiary/aromatic N) is 2. The van der Waals surface area contributed by atoms with E-state index in [4.69, 9.17) is 32.7 Å². The van der Waals surface area contributed by atoms with Crippen molar-refractivity contribution < 1.29 is 27.5 Å². The molecule has 0 heterocycles. The van der Waals surface area contributed by atoms with Gasteiger partial charge >= 0.3 is 0 Å². The van der Waals surface area contributed by atoms with Gasteiger partial charge in [0, 0.05) is 18.7 Å². The molecule has 0 fully saturated rings. The summed E-state index contributed by atoms with van der Waals surface area (Å²) in [6.45, 7) is 6.48. The van der Waals surface area contributed by atoms with Crippen LogP contribution in [0.3, 0.4) is 0 Å². The predicted molar refractivity (Wildman–Crippen MR) is 165 cm³/mol. The van der Waals surface area contributed by atoms with Gasteiger partial charge in [-0.05, 0) is 69.7 Å². The van der Waals surface area contributed by atoms with Gasteiger partial charge in [-0.25, -0.2) is 8.42 Å². The fourth-order valence-corrected chi connectivity index (χ4v) is 5.92. The van der Waals surface area contributed by atoms with Crippen LogP contribution in [0.4, 0.5) is 5.69 Å². The third kappa shape index (κ3) is 7.87. The normalized spacial score (nSPS) is 12.0. The largest absolute Gasteiger partial charge is 0.493 e. The first-order chi connectivity index (χ1) is 19.8. The maximum absolute atomic E-state index is 14.1. The second-order valence-electron chi connectivity index (χ2n) is 9.97. The van der Waals surface area contributed by atoms with Crippen molar-refractivity contribution in [1.29, 1.82) is 0 Å². The molecular formula is C30H35Cl2N3O6S. The molecule has 0 aliphatic rings. The molecule has 226 valence electrons. The molecule has 9 nitrogen and oxygen atoms in total. The predicted octanol–water partition coefficient (Wildman–Crippen LogP) is 5.46. The van der Waals surface area contributed by atoms with Gasteiger partial charge in [-0.1, -0.05) is 47.0 Å². The van der Waals surface area contributed by atoms with Gasteiger partial charge in [0.05, 0.1) is 34.8 Å². The Balaban J connectivity index is 2.08. The Morgan fingerprint density at radius 1 is 0.881 bits per heavy atom. The number of carbonyl (C=O) groups excluding carboxylic acids is 2. The summed E-state index contributed by atoms with van der Waals surface area (Å²) >= 11 is 12.3. The second kappa shape index (κ2) is 14.1. The SMILES string of the molecule is COc1ccc(S(=O)(=O)N(CC(=O)N(Cc2ccc(Cl)c(Cl)c2)C(C)C(=O)NC(C)C)c2ccc(C)cc2)cc1OC. The molecule has 12 heteroatoms. The third-order valence-corrected chi connectivity index (χ3v) is 8.99. The van der Waals surface area contributed by atoms with Crippen molar-refractivity contribution >= 4 is 50.7 Å². The lowest BCUT2D eigenvalue weighted by Crippen LogP contribution is -2.52. The van der Waals surface area contributed by atoms with Gasteiger partial charge in [0.1, 0.15) is 12.6 Å². The fraction of sp³-hybridized carbons (Fsp3) is 0.333. The van der Waals surface area contributed by atoms with Crippen LogP contribution in [0.1, 0.15) is 31.9 Å². The van der Waals surface area contributed by atoms with E-state index in [1.807, 2.05) is 20.8 Å². The van der Waals surface area contributed by atoms with E-state index in [1.54, 1.807) is 49.4 Å². The van der Waals surface area contributed by atoms with Crippen molar-refractivity contribution in [2.75, 3.05) is 25.1 Å². The summed E-state index contributed by atoms with van der Waals surface area (Å²) in [6, 6.07) is 14.8. The Labute approximate surface area is 257 Å². The van der Waals surface area contributed by atoms with E-state index in [1.165, 1.54) is 37.3 Å². The van der Waals surface area contributed by atoms with Gasteiger partial charge in [0.2, 0.25) is 11.8 Å². The molecular weight excluding hydrogens is 601 g/mol. The Kier molecular flexibility index (Phi) is 11.1. The first-order valence-electron chi connectivity index (χ1n) is 13.1. The fourth-order valence-electron chi connectivity index (χ4n) is 4.17. The van der Waals surface area contributed by atoms with Gasteiger partial charge in [0.15, 0.2) is 11.5 Å². The minimum absolute atomic E-state index is 0.0133. The second-order valence-corrected chi connectivity index (χ2v) is 12.7. The zero-order chi connectivity index (χ0) is 31.2. The Morgan fingerprint density at radius 2 is 1.52 bits per heavy atom. The lowest BCUT2D eigenvalue weighted by molar-refractivity contribution is -0.139. The number of hydrogen-bond donors (Lipinski definition) is 1. The average molecular weight is 637 g/mol. The van der Waals surface area contributed by atoms with Crippen LogP contribution in [0.15, 0.2) is 65.6 Å². The molecule has 3 aromatic carbocycles. The summed E-state index contributed by atoms with van der Waals surface area (Å²) in [5.74, 6) is -0.415. The summed E-state index contributed by atoms with van der Waals surface area (Å²) in [7, 11) is -1.44. The van der Waals surface area contributed by atoms with E-state index in [-0.39, 0.29) is 39.8 Å². The van der Waals surface area contributed by atoms with Crippen LogP contribution in [0, 0.1) is 6.92 Å². The molecule has 0 bridgehead atoms. The van der Waals surface area contributed by atoms with Crippen LogP contribution in [0.25, 0.3) is 0 Å². The van der Waals surface area contributed by atoms with Crippen molar-refractivity contribution in [2.45, 2.75) is 51.2 Å². The number of methoxy groups -OCH3 is 2. The molecule has 0 saturated carbocycles. The molecule has 1 N–H and O–H groups in total. The topological polar surface area (TPSA) is 105 Å². The molecule has 3 aromatic rings. The molecule has 1 atom stereocenters. The number of halogens is 2. The number of sulfonamides is 1. The van der Waals surface area contributed by atoms with Crippen molar-refractivity contribution in [1.82, 2.24) is 10.2 Å². The highest BCUT2D eigenvalue weighted by Gasteiger charge is 2.33. The summed E-state index contributed by atoms with van der Waals surface area (Å²) in [5.41, 5.74) is 1.80. The van der Waals surface area contributed by atoms with E-state index < -0.39 is 28.5 Å². The van der Waals surface area contributed by atoms with Crippen LogP contribution in [-0.2, 0) is 26.2 Å². The van der Waals surface area contributed by atoms with Gasteiger partial charge in [0.25, 0.3) is 10.0 Å². The standard InChI is InChI=1S/C30H35Cl2N3O6S/c1-19(2)33-30(37)21(4)34(17-22-9-13-25(31)26(32)15-22)29(36)18-35(23-10-7-20(3)8-11-23)42(38,39)24-12-14-27(40-5)28(16-24)41-6/h7-16,19,21H,17-18H2,1-6H3,(H,33,37). The highest BCUT2D eigenvalue weighted by atomic mass is 35.5. The molecule has 0 aromatic heterocycles. The van der Waals surface area contributed by atoms with Crippen LogP contribution in [-0.4, -0.2) is 58.0 Å². The van der Waals surface area contributed by atoms with Crippen molar-refractivity contribution in [2.24, 2.45) is 0 Å². The number of nitrogens with one attached hydrogen (secondary N) is 1. The van der Waals surface area contributed by atoms with Gasteiger partial charge in [-0.15, -0.1) is 0 Å². The van der Waals surface area contributed by atoms with Crippen LogP contribution >= 0.6 is 23.2 Å². The molecule has 0 radical (unpaired) electrons. The van der Waals surface area contributed by atoms with Crippen molar-refractivity contribution in [3.63, 3.8) is 0 Å². The molecule has 42 heavy (non-hydrogen) atoms. The molecule has 0 aliphatic heterocycles. The number of anilines is 1. The van der Waals surface area contributed by atoms with E-state index >= 15 is 0 Å². The Morgan fingerprint density at radius 3 is 2.10 bits per heavy atom. The summed E-state index contributed by atoms with van der Waals surface area (Å²) in [5, 5.41) is 3.45. The number of amides is 2. The number of carbonyl (C=O) groups is 2.